The van der Waals surface area contributed by atoms with Crippen molar-refractivity contribution in [2.24, 2.45) is 0 Å². The second kappa shape index (κ2) is 4.65. The van der Waals surface area contributed by atoms with Crippen LogP contribution in [0.2, 0.25) is 0 Å². The lowest BCUT2D eigenvalue weighted by Crippen LogP contribution is -2.04. The number of anilines is 1. The third-order valence-electron chi connectivity index (χ3n) is 3.27. The largest absolute Gasteiger partial charge is 0.384 e. The number of nitrogens with zero attached hydrogens (tertiary/aromatic N) is 2. The summed E-state index contributed by atoms with van der Waals surface area (Å²) in [7, 11) is 0. The molecule has 2 rings (SSSR count). The van der Waals surface area contributed by atoms with Crippen molar-refractivity contribution >= 4 is 28.4 Å². The molecule has 2 aromatic rings. The lowest BCUT2D eigenvalue weighted by molar-refractivity contribution is 1.00. The summed E-state index contributed by atoms with van der Waals surface area (Å²) in [4.78, 5) is 0. The second-order valence-electron chi connectivity index (χ2n) is 4.35. The van der Waals surface area contributed by atoms with Crippen molar-refractivity contribution in [2.75, 3.05) is 5.73 Å². The molecule has 92 valence electrons. The second-order valence-corrected chi connectivity index (χ2v) is 5.59. The van der Waals surface area contributed by atoms with Gasteiger partial charge in [0.1, 0.15) is 11.9 Å². The molecule has 0 aliphatic carbocycles. The number of hydrogen-bond donors (Lipinski definition) is 1. The SMILES string of the molecule is Cc1ccc(I)cc1-n1c(C)c(C)c(C#N)c1N. The summed E-state index contributed by atoms with van der Waals surface area (Å²) in [6, 6.07) is 8.39. The average Bonchev–Trinajstić information content (AvgIpc) is 2.54. The quantitative estimate of drug-likeness (QED) is 0.800. The molecule has 0 aliphatic heterocycles. The molecule has 0 amide bonds. The Morgan fingerprint density at radius 2 is 1.94 bits per heavy atom. The molecule has 0 bridgehead atoms. The average molecular weight is 351 g/mol. The molecule has 0 saturated heterocycles. The van der Waals surface area contributed by atoms with Crippen LogP contribution >= 0.6 is 22.6 Å². The maximum absolute atomic E-state index is 9.16. The highest BCUT2D eigenvalue weighted by Gasteiger charge is 2.17. The topological polar surface area (TPSA) is 54.7 Å². The zero-order valence-electron chi connectivity index (χ0n) is 10.6. The van der Waals surface area contributed by atoms with Gasteiger partial charge in [-0.05, 0) is 66.6 Å². The van der Waals surface area contributed by atoms with Crippen molar-refractivity contribution < 1.29 is 0 Å². The first-order chi connectivity index (χ1) is 8.47. The van der Waals surface area contributed by atoms with Crippen molar-refractivity contribution in [2.45, 2.75) is 20.8 Å². The van der Waals surface area contributed by atoms with Gasteiger partial charge in [0.15, 0.2) is 0 Å². The Balaban J connectivity index is 2.80. The van der Waals surface area contributed by atoms with Crippen LogP contribution in [0.5, 0.6) is 0 Å². The van der Waals surface area contributed by atoms with Gasteiger partial charge in [-0.3, -0.25) is 4.57 Å². The molecular weight excluding hydrogens is 337 g/mol. The molecule has 0 atom stereocenters. The predicted molar refractivity (Wildman–Crippen MR) is 81.8 cm³/mol. The zero-order chi connectivity index (χ0) is 13.4. The van der Waals surface area contributed by atoms with Gasteiger partial charge in [0.05, 0.1) is 11.3 Å². The standard InChI is InChI=1S/C14H14IN3/c1-8-4-5-11(15)6-13(8)18-10(3)9(2)12(7-16)14(18)17/h4-6H,17H2,1-3H3. The molecule has 1 aromatic carbocycles. The smallest absolute Gasteiger partial charge is 0.126 e. The van der Waals surface area contributed by atoms with Gasteiger partial charge < -0.3 is 5.73 Å². The van der Waals surface area contributed by atoms with E-state index in [1.807, 2.05) is 25.3 Å². The maximum atomic E-state index is 9.16. The van der Waals surface area contributed by atoms with Crippen molar-refractivity contribution in [3.8, 4) is 11.8 Å². The van der Waals surface area contributed by atoms with E-state index >= 15 is 0 Å². The van der Waals surface area contributed by atoms with E-state index in [4.69, 9.17) is 11.0 Å². The van der Waals surface area contributed by atoms with Crippen molar-refractivity contribution in [1.29, 1.82) is 5.26 Å². The molecule has 0 aliphatic rings. The van der Waals surface area contributed by atoms with Gasteiger partial charge in [0.25, 0.3) is 0 Å². The highest BCUT2D eigenvalue weighted by molar-refractivity contribution is 14.1. The number of nitrogens with two attached hydrogens (primary N) is 1. The summed E-state index contributed by atoms with van der Waals surface area (Å²) in [6.45, 7) is 5.97. The van der Waals surface area contributed by atoms with Crippen molar-refractivity contribution in [3.05, 3.63) is 44.2 Å². The fourth-order valence-electron chi connectivity index (χ4n) is 2.11. The minimum atomic E-state index is 0.526. The third kappa shape index (κ3) is 1.89. The molecule has 18 heavy (non-hydrogen) atoms. The summed E-state index contributed by atoms with van der Waals surface area (Å²) in [5.74, 6) is 0.526. The first kappa shape index (κ1) is 13.0. The van der Waals surface area contributed by atoms with E-state index in [9.17, 15) is 0 Å². The molecule has 3 nitrogen and oxygen atoms in total. The van der Waals surface area contributed by atoms with E-state index in [1.54, 1.807) is 0 Å². The number of aromatic nitrogens is 1. The number of rotatable bonds is 1. The van der Waals surface area contributed by atoms with Crippen LogP contribution in [-0.4, -0.2) is 4.57 Å². The van der Waals surface area contributed by atoms with Crippen LogP contribution in [0.15, 0.2) is 18.2 Å². The summed E-state index contributed by atoms with van der Waals surface area (Å²) >= 11 is 2.28. The highest BCUT2D eigenvalue weighted by Crippen LogP contribution is 2.29. The van der Waals surface area contributed by atoms with Gasteiger partial charge >= 0.3 is 0 Å². The van der Waals surface area contributed by atoms with Gasteiger partial charge in [-0.1, -0.05) is 6.07 Å². The van der Waals surface area contributed by atoms with E-state index in [0.717, 1.165) is 26.1 Å². The number of benzene rings is 1. The predicted octanol–water partition coefficient (Wildman–Crippen LogP) is 3.46. The third-order valence-corrected chi connectivity index (χ3v) is 3.95. The van der Waals surface area contributed by atoms with Gasteiger partial charge in [-0.25, -0.2) is 0 Å². The summed E-state index contributed by atoms with van der Waals surface area (Å²) in [6.07, 6.45) is 0. The Morgan fingerprint density at radius 1 is 1.28 bits per heavy atom. The molecule has 1 aromatic heterocycles. The maximum Gasteiger partial charge on any atom is 0.126 e. The normalized spacial score (nSPS) is 10.4. The van der Waals surface area contributed by atoms with E-state index < -0.39 is 0 Å². The Morgan fingerprint density at radius 3 is 2.50 bits per heavy atom. The zero-order valence-corrected chi connectivity index (χ0v) is 12.7. The Bertz CT molecular complexity index is 663. The minimum absolute atomic E-state index is 0.526. The van der Waals surface area contributed by atoms with Crippen LogP contribution in [0.3, 0.4) is 0 Å². The molecule has 0 unspecified atom stereocenters. The van der Waals surface area contributed by atoms with Gasteiger partial charge in [0.2, 0.25) is 0 Å². The number of halogens is 1. The number of hydrogen-bond acceptors (Lipinski definition) is 2. The number of nitrogen functional groups attached to an aromatic ring is 1. The summed E-state index contributed by atoms with van der Waals surface area (Å²) in [5.41, 5.74) is 10.8. The van der Waals surface area contributed by atoms with E-state index in [1.165, 1.54) is 0 Å². The van der Waals surface area contributed by atoms with Crippen LogP contribution in [0, 0.1) is 35.7 Å². The monoisotopic (exact) mass is 351 g/mol. The van der Waals surface area contributed by atoms with Crippen molar-refractivity contribution in [3.63, 3.8) is 0 Å². The molecule has 0 fully saturated rings. The molecule has 0 saturated carbocycles. The fourth-order valence-corrected chi connectivity index (χ4v) is 2.58. The van der Waals surface area contributed by atoms with E-state index in [0.29, 0.717) is 11.4 Å². The van der Waals surface area contributed by atoms with Crippen LogP contribution in [-0.2, 0) is 0 Å². The van der Waals surface area contributed by atoms with E-state index in [2.05, 4.69) is 46.9 Å². The van der Waals surface area contributed by atoms with Crippen LogP contribution < -0.4 is 5.73 Å². The van der Waals surface area contributed by atoms with Gasteiger partial charge in [0, 0.05) is 9.26 Å². The Hall–Kier alpha value is -1.48. The highest BCUT2D eigenvalue weighted by atomic mass is 127. The first-order valence-electron chi connectivity index (χ1n) is 5.61. The molecule has 1 heterocycles. The van der Waals surface area contributed by atoms with Crippen LogP contribution in [0.25, 0.3) is 5.69 Å². The van der Waals surface area contributed by atoms with Crippen LogP contribution in [0.4, 0.5) is 5.82 Å². The van der Waals surface area contributed by atoms with Crippen molar-refractivity contribution in [1.82, 2.24) is 4.57 Å². The number of nitriles is 1. The van der Waals surface area contributed by atoms with Crippen LogP contribution in [0.1, 0.15) is 22.4 Å². The number of aryl methyl sites for hydroxylation is 1. The molecule has 2 N–H and O–H groups in total. The van der Waals surface area contributed by atoms with E-state index in [-0.39, 0.29) is 0 Å². The first-order valence-corrected chi connectivity index (χ1v) is 6.69. The molecular formula is C14H14IN3. The Kier molecular flexibility index (Phi) is 3.35. The molecule has 0 spiro atoms. The lowest BCUT2D eigenvalue weighted by Gasteiger charge is -2.12. The van der Waals surface area contributed by atoms with Gasteiger partial charge in [-0.15, -0.1) is 0 Å². The summed E-state index contributed by atoms with van der Waals surface area (Å²) in [5, 5.41) is 9.16. The lowest BCUT2D eigenvalue weighted by atomic mass is 10.2. The summed E-state index contributed by atoms with van der Waals surface area (Å²) < 4.78 is 3.11. The fraction of sp³-hybridized carbons (Fsp3) is 0.214. The Labute approximate surface area is 120 Å². The molecule has 4 heteroatoms. The molecule has 0 radical (unpaired) electrons. The minimum Gasteiger partial charge on any atom is -0.384 e. The van der Waals surface area contributed by atoms with Gasteiger partial charge in [-0.2, -0.15) is 5.26 Å².